The molecular weight excluding hydrogens is 312 g/mol. The smallest absolute Gasteiger partial charge is 0.244 e. The van der Waals surface area contributed by atoms with Crippen LogP contribution in [0.4, 0.5) is 5.69 Å². The van der Waals surface area contributed by atoms with Gasteiger partial charge in [-0.05, 0) is 37.3 Å². The second kappa shape index (κ2) is 6.74. The van der Waals surface area contributed by atoms with Gasteiger partial charge in [0, 0.05) is 17.0 Å². The van der Waals surface area contributed by atoms with Gasteiger partial charge in [-0.3, -0.25) is 19.3 Å². The molecule has 1 aromatic rings. The third-order valence-electron chi connectivity index (χ3n) is 4.48. The Hall–Kier alpha value is -1.82. The minimum atomic E-state index is -0.712. The number of amides is 3. The van der Waals surface area contributed by atoms with Crippen molar-refractivity contribution in [1.29, 1.82) is 0 Å². The van der Waals surface area contributed by atoms with Gasteiger partial charge in [-0.1, -0.05) is 19.9 Å². The van der Waals surface area contributed by atoms with Crippen molar-refractivity contribution in [2.75, 3.05) is 18.1 Å². The van der Waals surface area contributed by atoms with E-state index >= 15 is 0 Å². The summed E-state index contributed by atoms with van der Waals surface area (Å²) >= 11 is 1.58. The Morgan fingerprint density at radius 1 is 1.39 bits per heavy atom. The zero-order valence-electron chi connectivity index (χ0n) is 13.9. The minimum absolute atomic E-state index is 0.0465. The van der Waals surface area contributed by atoms with Crippen molar-refractivity contribution in [2.24, 2.45) is 11.3 Å². The van der Waals surface area contributed by atoms with E-state index in [2.05, 4.69) is 5.32 Å². The summed E-state index contributed by atoms with van der Waals surface area (Å²) in [6.07, 6.45) is 2.12. The summed E-state index contributed by atoms with van der Waals surface area (Å²) in [5.41, 5.74) is -0.0524. The molecule has 3 amide bonds. The first-order valence-electron chi connectivity index (χ1n) is 7.56. The number of carbonyl (C=O) groups excluding carboxylic acids is 3. The first kappa shape index (κ1) is 17.5. The van der Waals surface area contributed by atoms with E-state index in [-0.39, 0.29) is 36.6 Å². The number of carbonyl (C=O) groups is 3. The van der Waals surface area contributed by atoms with Gasteiger partial charge in [0.15, 0.2) is 0 Å². The topological polar surface area (TPSA) is 66.5 Å². The molecule has 0 aliphatic carbocycles. The summed E-state index contributed by atoms with van der Waals surface area (Å²) < 4.78 is 0. The van der Waals surface area contributed by atoms with Gasteiger partial charge in [0.2, 0.25) is 17.7 Å². The van der Waals surface area contributed by atoms with Crippen molar-refractivity contribution < 1.29 is 14.4 Å². The number of imide groups is 1. The molecule has 1 saturated heterocycles. The second-order valence-corrected chi connectivity index (χ2v) is 7.19. The fourth-order valence-electron chi connectivity index (χ4n) is 2.56. The van der Waals surface area contributed by atoms with E-state index in [0.29, 0.717) is 5.69 Å². The molecule has 1 unspecified atom stereocenters. The summed E-state index contributed by atoms with van der Waals surface area (Å²) in [5.74, 6) is -0.854. The Kier molecular flexibility index (Phi) is 5.14. The van der Waals surface area contributed by atoms with Crippen molar-refractivity contribution in [3.8, 4) is 0 Å². The molecule has 1 aliphatic heterocycles. The number of benzene rings is 1. The molecule has 1 aliphatic rings. The average molecular weight is 334 g/mol. The van der Waals surface area contributed by atoms with Crippen molar-refractivity contribution in [1.82, 2.24) is 4.90 Å². The Morgan fingerprint density at radius 2 is 2.09 bits per heavy atom. The monoisotopic (exact) mass is 334 g/mol. The van der Waals surface area contributed by atoms with Crippen LogP contribution < -0.4 is 5.32 Å². The molecule has 1 aromatic carbocycles. The van der Waals surface area contributed by atoms with Crippen molar-refractivity contribution in [2.45, 2.75) is 32.1 Å². The van der Waals surface area contributed by atoms with Gasteiger partial charge < -0.3 is 5.32 Å². The van der Waals surface area contributed by atoms with E-state index in [1.165, 1.54) is 0 Å². The predicted octanol–water partition coefficient (Wildman–Crippen LogP) is 2.77. The van der Waals surface area contributed by atoms with Crippen molar-refractivity contribution in [3.63, 3.8) is 0 Å². The van der Waals surface area contributed by atoms with Gasteiger partial charge in [-0.2, -0.15) is 0 Å². The van der Waals surface area contributed by atoms with E-state index in [4.69, 9.17) is 0 Å². The molecule has 5 nitrogen and oxygen atoms in total. The summed E-state index contributed by atoms with van der Waals surface area (Å²) in [4.78, 5) is 38.9. The molecule has 2 rings (SSSR count). The van der Waals surface area contributed by atoms with Gasteiger partial charge in [0.25, 0.3) is 0 Å². The Balaban J connectivity index is 2.05. The number of nitrogens with zero attached hydrogens (tertiary/aromatic N) is 1. The molecule has 1 N–H and O–H groups in total. The predicted molar refractivity (Wildman–Crippen MR) is 91.1 cm³/mol. The maximum atomic E-state index is 12.5. The fraction of sp³-hybridized carbons (Fsp3) is 0.471. The van der Waals surface area contributed by atoms with Gasteiger partial charge in [-0.25, -0.2) is 0 Å². The number of anilines is 1. The Bertz CT molecular complexity index is 644. The molecular formula is C17H22N2O3S. The fourth-order valence-corrected chi connectivity index (χ4v) is 3.02. The quantitative estimate of drug-likeness (QED) is 0.664. The molecule has 0 bridgehead atoms. The molecule has 0 aromatic heterocycles. The lowest BCUT2D eigenvalue weighted by Gasteiger charge is -2.25. The van der Waals surface area contributed by atoms with Crippen LogP contribution in [-0.2, 0) is 14.4 Å². The lowest BCUT2D eigenvalue weighted by Crippen LogP contribution is -2.41. The minimum Gasteiger partial charge on any atom is -0.324 e. The summed E-state index contributed by atoms with van der Waals surface area (Å²) in [6, 6.07) is 7.43. The van der Waals surface area contributed by atoms with Crippen LogP contribution in [-0.4, -0.2) is 35.4 Å². The summed E-state index contributed by atoms with van der Waals surface area (Å²) in [7, 11) is 0. The van der Waals surface area contributed by atoms with Gasteiger partial charge in [-0.15, -0.1) is 11.8 Å². The lowest BCUT2D eigenvalue weighted by atomic mass is 9.78. The third kappa shape index (κ3) is 3.58. The molecule has 1 fully saturated rings. The van der Waals surface area contributed by atoms with Crippen molar-refractivity contribution >= 4 is 35.2 Å². The molecule has 1 heterocycles. The molecule has 0 saturated carbocycles. The number of hydrogen-bond donors (Lipinski definition) is 1. The first-order valence-corrected chi connectivity index (χ1v) is 8.79. The highest BCUT2D eigenvalue weighted by atomic mass is 32.2. The zero-order valence-corrected chi connectivity index (χ0v) is 14.7. The average Bonchev–Trinajstić information content (AvgIpc) is 2.72. The van der Waals surface area contributed by atoms with Crippen LogP contribution >= 0.6 is 11.8 Å². The van der Waals surface area contributed by atoms with Crippen LogP contribution in [0.3, 0.4) is 0 Å². The van der Waals surface area contributed by atoms with Gasteiger partial charge in [0.1, 0.15) is 6.54 Å². The van der Waals surface area contributed by atoms with Crippen LogP contribution in [0.25, 0.3) is 0 Å². The van der Waals surface area contributed by atoms with Crippen molar-refractivity contribution in [3.05, 3.63) is 24.3 Å². The third-order valence-corrected chi connectivity index (χ3v) is 5.21. The molecule has 6 heteroatoms. The zero-order chi connectivity index (χ0) is 17.2. The Labute approximate surface area is 140 Å². The highest BCUT2D eigenvalue weighted by Crippen LogP contribution is 2.39. The van der Waals surface area contributed by atoms with E-state index < -0.39 is 5.41 Å². The molecule has 0 radical (unpaired) electrons. The molecule has 1 atom stereocenters. The molecule has 124 valence electrons. The van der Waals surface area contributed by atoms with Gasteiger partial charge >= 0.3 is 0 Å². The van der Waals surface area contributed by atoms with E-state index in [1.807, 2.05) is 38.3 Å². The number of likely N-dealkylation sites (tertiary alicyclic amines) is 1. The maximum absolute atomic E-state index is 12.5. The first-order chi connectivity index (χ1) is 10.8. The number of rotatable bonds is 5. The number of thioether (sulfide) groups is 1. The van der Waals surface area contributed by atoms with Gasteiger partial charge in [0.05, 0.1) is 5.41 Å². The largest absolute Gasteiger partial charge is 0.324 e. The highest BCUT2D eigenvalue weighted by molar-refractivity contribution is 7.98. The maximum Gasteiger partial charge on any atom is 0.244 e. The normalized spacial score (nSPS) is 21.2. The number of nitrogens with one attached hydrogen (secondary N) is 1. The van der Waals surface area contributed by atoms with Crippen LogP contribution in [0, 0.1) is 11.3 Å². The van der Waals surface area contributed by atoms with E-state index in [0.717, 1.165) is 9.80 Å². The Morgan fingerprint density at radius 3 is 2.65 bits per heavy atom. The van der Waals surface area contributed by atoms with Crippen LogP contribution in [0.2, 0.25) is 0 Å². The van der Waals surface area contributed by atoms with E-state index in [9.17, 15) is 14.4 Å². The summed E-state index contributed by atoms with van der Waals surface area (Å²) in [5, 5.41) is 2.74. The van der Waals surface area contributed by atoms with Crippen LogP contribution in [0.5, 0.6) is 0 Å². The van der Waals surface area contributed by atoms with E-state index in [1.54, 1.807) is 24.8 Å². The molecule has 0 spiro atoms. The standard InChI is InChI=1S/C17H22N2O3S/c1-11(2)17(3)9-15(21)19(16(17)22)10-14(20)18-12-6-5-7-13(8-12)23-4/h5-8,11H,9-10H2,1-4H3,(H,18,20). The second-order valence-electron chi connectivity index (χ2n) is 6.31. The number of hydrogen-bond acceptors (Lipinski definition) is 4. The van der Waals surface area contributed by atoms with Crippen LogP contribution in [0.15, 0.2) is 29.2 Å². The summed E-state index contributed by atoms with van der Waals surface area (Å²) in [6.45, 7) is 5.40. The highest BCUT2D eigenvalue weighted by Gasteiger charge is 2.50. The molecule has 23 heavy (non-hydrogen) atoms. The SMILES string of the molecule is CSc1cccc(NC(=O)CN2C(=O)CC(C)(C(C)C)C2=O)c1. The lowest BCUT2D eigenvalue weighted by molar-refractivity contribution is -0.144. The van der Waals surface area contributed by atoms with Crippen LogP contribution in [0.1, 0.15) is 27.2 Å².